The molecule has 0 aliphatic carbocycles. The normalized spacial score (nSPS) is 10.9. The molecule has 0 aliphatic heterocycles. The molecule has 20 heavy (non-hydrogen) atoms. The molecule has 3 nitrogen and oxygen atoms in total. The number of rotatable bonds is 8. The molecule has 1 heterocycles. The van der Waals surface area contributed by atoms with Crippen LogP contribution < -0.4 is 10.6 Å². The molecule has 0 saturated heterocycles. The standard InChI is InChI=1S/C16H22ClN3/c1-2-8-18-9-3-4-10-19-15-7-11-20-16-12-13(17)5-6-14(15)16/h5-7,11-12,18H,2-4,8-10H2,1H3,(H,19,20). The maximum atomic E-state index is 5.99. The second kappa shape index (κ2) is 8.08. The Morgan fingerprint density at radius 3 is 2.80 bits per heavy atom. The SMILES string of the molecule is CCCNCCCCNc1ccnc2cc(Cl)ccc12. The molecule has 0 saturated carbocycles. The van der Waals surface area contributed by atoms with Gasteiger partial charge in [-0.3, -0.25) is 4.98 Å². The van der Waals surface area contributed by atoms with Gasteiger partial charge >= 0.3 is 0 Å². The Balaban J connectivity index is 1.84. The van der Waals surface area contributed by atoms with Gasteiger partial charge in [0.1, 0.15) is 0 Å². The number of anilines is 1. The molecule has 4 heteroatoms. The zero-order valence-electron chi connectivity index (χ0n) is 12.0. The third kappa shape index (κ3) is 4.36. The maximum Gasteiger partial charge on any atom is 0.0737 e. The summed E-state index contributed by atoms with van der Waals surface area (Å²) in [7, 11) is 0. The van der Waals surface area contributed by atoms with Crippen LogP contribution in [0.4, 0.5) is 5.69 Å². The van der Waals surface area contributed by atoms with Crippen LogP contribution in [0.1, 0.15) is 26.2 Å². The minimum absolute atomic E-state index is 0.726. The summed E-state index contributed by atoms with van der Waals surface area (Å²) in [5, 5.41) is 8.76. The highest BCUT2D eigenvalue weighted by molar-refractivity contribution is 6.31. The molecule has 2 N–H and O–H groups in total. The van der Waals surface area contributed by atoms with Crippen LogP contribution in [-0.2, 0) is 0 Å². The molecule has 0 unspecified atom stereocenters. The summed E-state index contributed by atoms with van der Waals surface area (Å²) in [6, 6.07) is 7.85. The highest BCUT2D eigenvalue weighted by Gasteiger charge is 2.01. The van der Waals surface area contributed by atoms with Gasteiger partial charge < -0.3 is 10.6 Å². The Labute approximate surface area is 125 Å². The molecule has 1 aromatic heterocycles. The largest absolute Gasteiger partial charge is 0.384 e. The maximum absolute atomic E-state index is 5.99. The minimum Gasteiger partial charge on any atom is -0.384 e. The molecule has 0 aliphatic rings. The van der Waals surface area contributed by atoms with E-state index in [1.165, 1.54) is 12.8 Å². The summed E-state index contributed by atoms with van der Waals surface area (Å²) >= 11 is 5.99. The van der Waals surface area contributed by atoms with Crippen LogP contribution in [-0.4, -0.2) is 24.6 Å². The monoisotopic (exact) mass is 291 g/mol. The Bertz CT molecular complexity index is 542. The number of fused-ring (bicyclic) bond motifs is 1. The van der Waals surface area contributed by atoms with Crippen LogP contribution in [0, 0.1) is 0 Å². The van der Waals surface area contributed by atoms with Crippen molar-refractivity contribution in [3.05, 3.63) is 35.5 Å². The van der Waals surface area contributed by atoms with E-state index in [-0.39, 0.29) is 0 Å². The Morgan fingerprint density at radius 2 is 1.95 bits per heavy atom. The Hall–Kier alpha value is -1.32. The highest BCUT2D eigenvalue weighted by Crippen LogP contribution is 2.24. The lowest BCUT2D eigenvalue weighted by atomic mass is 10.2. The van der Waals surface area contributed by atoms with Crippen molar-refractivity contribution in [1.82, 2.24) is 10.3 Å². The summed E-state index contributed by atoms with van der Waals surface area (Å²) in [4.78, 5) is 4.35. The van der Waals surface area contributed by atoms with Gasteiger partial charge in [-0.15, -0.1) is 0 Å². The topological polar surface area (TPSA) is 37.0 Å². The van der Waals surface area contributed by atoms with E-state index < -0.39 is 0 Å². The fourth-order valence-electron chi connectivity index (χ4n) is 2.18. The van der Waals surface area contributed by atoms with Gasteiger partial charge in [0, 0.05) is 28.8 Å². The Morgan fingerprint density at radius 1 is 1.10 bits per heavy atom. The summed E-state index contributed by atoms with van der Waals surface area (Å²) < 4.78 is 0. The molecule has 108 valence electrons. The molecule has 0 radical (unpaired) electrons. The molecule has 0 amide bonds. The van der Waals surface area contributed by atoms with Crippen molar-refractivity contribution in [2.45, 2.75) is 26.2 Å². The van der Waals surface area contributed by atoms with Crippen LogP contribution in [0.15, 0.2) is 30.5 Å². The van der Waals surface area contributed by atoms with Gasteiger partial charge in [-0.25, -0.2) is 0 Å². The van der Waals surface area contributed by atoms with Crippen molar-refractivity contribution in [2.75, 3.05) is 25.0 Å². The predicted molar refractivity (Wildman–Crippen MR) is 87.6 cm³/mol. The van der Waals surface area contributed by atoms with Gasteiger partial charge in [0.25, 0.3) is 0 Å². The van der Waals surface area contributed by atoms with Crippen molar-refractivity contribution < 1.29 is 0 Å². The average Bonchev–Trinajstić information content (AvgIpc) is 2.46. The van der Waals surface area contributed by atoms with Crippen LogP contribution in [0.3, 0.4) is 0 Å². The number of nitrogens with one attached hydrogen (secondary N) is 2. The predicted octanol–water partition coefficient (Wildman–Crippen LogP) is 4.08. The van der Waals surface area contributed by atoms with Gasteiger partial charge in [0.2, 0.25) is 0 Å². The molecule has 2 aromatic rings. The second-order valence-electron chi connectivity index (χ2n) is 4.90. The highest BCUT2D eigenvalue weighted by atomic mass is 35.5. The van der Waals surface area contributed by atoms with Gasteiger partial charge in [-0.05, 0) is 56.6 Å². The molecular formula is C16H22ClN3. The van der Waals surface area contributed by atoms with Crippen molar-refractivity contribution in [2.24, 2.45) is 0 Å². The molecule has 0 bridgehead atoms. The number of hydrogen-bond donors (Lipinski definition) is 2. The minimum atomic E-state index is 0.726. The molecule has 0 fully saturated rings. The van der Waals surface area contributed by atoms with E-state index in [0.717, 1.165) is 47.7 Å². The number of halogens is 1. The van der Waals surface area contributed by atoms with Crippen LogP contribution in [0.2, 0.25) is 5.02 Å². The number of aromatic nitrogens is 1. The fourth-order valence-corrected chi connectivity index (χ4v) is 2.34. The van der Waals surface area contributed by atoms with Gasteiger partial charge in [0.15, 0.2) is 0 Å². The van der Waals surface area contributed by atoms with E-state index in [0.29, 0.717) is 0 Å². The first-order valence-corrected chi connectivity index (χ1v) is 7.68. The van der Waals surface area contributed by atoms with Crippen molar-refractivity contribution in [3.8, 4) is 0 Å². The van der Waals surface area contributed by atoms with Gasteiger partial charge in [0.05, 0.1) is 5.52 Å². The zero-order valence-corrected chi connectivity index (χ0v) is 12.7. The number of benzene rings is 1. The summed E-state index contributed by atoms with van der Waals surface area (Å²) in [5.41, 5.74) is 2.07. The number of unbranched alkanes of at least 4 members (excludes halogenated alkanes) is 1. The van der Waals surface area contributed by atoms with E-state index in [1.807, 2.05) is 30.5 Å². The molecule has 0 spiro atoms. The summed E-state index contributed by atoms with van der Waals surface area (Å²) in [6.07, 6.45) is 5.38. The third-order valence-electron chi connectivity index (χ3n) is 3.23. The molecule has 1 aromatic carbocycles. The smallest absolute Gasteiger partial charge is 0.0737 e. The van der Waals surface area contributed by atoms with Gasteiger partial charge in [-0.2, -0.15) is 0 Å². The van der Waals surface area contributed by atoms with E-state index in [4.69, 9.17) is 11.6 Å². The van der Waals surface area contributed by atoms with Crippen molar-refractivity contribution >= 4 is 28.2 Å². The molecule has 2 rings (SSSR count). The third-order valence-corrected chi connectivity index (χ3v) is 3.46. The van der Waals surface area contributed by atoms with Crippen LogP contribution >= 0.6 is 11.6 Å². The summed E-state index contributed by atoms with van der Waals surface area (Å²) in [6.45, 7) is 5.39. The average molecular weight is 292 g/mol. The van der Waals surface area contributed by atoms with E-state index in [2.05, 4.69) is 22.5 Å². The Kier molecular flexibility index (Phi) is 6.09. The van der Waals surface area contributed by atoms with E-state index in [9.17, 15) is 0 Å². The van der Waals surface area contributed by atoms with E-state index >= 15 is 0 Å². The lowest BCUT2D eigenvalue weighted by Gasteiger charge is -2.09. The lowest BCUT2D eigenvalue weighted by molar-refractivity contribution is 0.626. The van der Waals surface area contributed by atoms with Crippen molar-refractivity contribution in [1.29, 1.82) is 0 Å². The molecule has 0 atom stereocenters. The van der Waals surface area contributed by atoms with Crippen molar-refractivity contribution in [3.63, 3.8) is 0 Å². The number of hydrogen-bond acceptors (Lipinski definition) is 3. The summed E-state index contributed by atoms with van der Waals surface area (Å²) in [5.74, 6) is 0. The second-order valence-corrected chi connectivity index (χ2v) is 5.34. The van der Waals surface area contributed by atoms with Crippen LogP contribution in [0.5, 0.6) is 0 Å². The lowest BCUT2D eigenvalue weighted by Crippen LogP contribution is -2.16. The quantitative estimate of drug-likeness (QED) is 0.720. The number of nitrogens with zero attached hydrogens (tertiary/aromatic N) is 1. The zero-order chi connectivity index (χ0) is 14.2. The van der Waals surface area contributed by atoms with Crippen LogP contribution in [0.25, 0.3) is 10.9 Å². The molecular weight excluding hydrogens is 270 g/mol. The first kappa shape index (κ1) is 15.1. The number of pyridine rings is 1. The van der Waals surface area contributed by atoms with E-state index in [1.54, 1.807) is 0 Å². The first-order valence-electron chi connectivity index (χ1n) is 7.30. The fraction of sp³-hybridized carbons (Fsp3) is 0.438. The first-order chi connectivity index (χ1) is 9.81. The van der Waals surface area contributed by atoms with Gasteiger partial charge in [-0.1, -0.05) is 18.5 Å².